The van der Waals surface area contributed by atoms with Gasteiger partial charge in [-0.25, -0.2) is 0 Å². The van der Waals surface area contributed by atoms with Gasteiger partial charge in [-0.2, -0.15) is 18.4 Å². The van der Waals surface area contributed by atoms with Crippen molar-refractivity contribution in [1.29, 1.82) is 5.26 Å². The van der Waals surface area contributed by atoms with Gasteiger partial charge in [-0.1, -0.05) is 12.0 Å². The van der Waals surface area contributed by atoms with Crippen LogP contribution in [0.2, 0.25) is 0 Å². The summed E-state index contributed by atoms with van der Waals surface area (Å²) < 4.78 is 44.2. The number of aryl methyl sites for hydroxylation is 1. The summed E-state index contributed by atoms with van der Waals surface area (Å²) >= 11 is 0. The van der Waals surface area contributed by atoms with Gasteiger partial charge in [0.15, 0.2) is 5.76 Å². The van der Waals surface area contributed by atoms with Gasteiger partial charge in [-0.3, -0.25) is 0 Å². The third-order valence-electron chi connectivity index (χ3n) is 3.17. The lowest BCUT2D eigenvalue weighted by atomic mass is 10.1. The molecule has 0 unspecified atom stereocenters. The molecular weight excluding hydrogens is 307 g/mol. The van der Waals surface area contributed by atoms with E-state index in [4.69, 9.17) is 15.1 Å². The maximum Gasteiger partial charge on any atom is 0.416 e. The third kappa shape index (κ3) is 3.94. The maximum absolute atomic E-state index is 12.9. The van der Waals surface area contributed by atoms with Crippen LogP contribution in [0.15, 0.2) is 41.2 Å². The van der Waals surface area contributed by atoms with Crippen molar-refractivity contribution in [3.8, 4) is 23.7 Å². The zero-order valence-electron chi connectivity index (χ0n) is 12.2. The molecule has 0 saturated carbocycles. The summed E-state index contributed by atoms with van der Waals surface area (Å²) in [6, 6.07) is 5.43. The predicted octanol–water partition coefficient (Wildman–Crippen LogP) is 3.50. The first-order valence-corrected chi connectivity index (χ1v) is 6.64. The van der Waals surface area contributed by atoms with E-state index in [-0.39, 0.29) is 35.7 Å². The van der Waals surface area contributed by atoms with Crippen molar-refractivity contribution < 1.29 is 23.0 Å². The topological polar surface area (TPSA) is 53.2 Å². The van der Waals surface area contributed by atoms with E-state index in [1.807, 2.05) is 6.07 Å². The van der Waals surface area contributed by atoms with Gasteiger partial charge in [0.1, 0.15) is 17.4 Å². The molecule has 1 aromatic carbocycles. The Morgan fingerprint density at radius 2 is 2.13 bits per heavy atom. The van der Waals surface area contributed by atoms with E-state index in [0.717, 1.165) is 6.07 Å². The van der Waals surface area contributed by atoms with Crippen LogP contribution in [-0.2, 0) is 6.18 Å². The Morgan fingerprint density at radius 3 is 2.74 bits per heavy atom. The van der Waals surface area contributed by atoms with Crippen LogP contribution in [0.4, 0.5) is 13.2 Å². The molecule has 0 aliphatic heterocycles. The highest BCUT2D eigenvalue weighted by atomic mass is 19.4. The Bertz CT molecular complexity index is 787. The monoisotopic (exact) mass is 319 g/mol. The van der Waals surface area contributed by atoms with Crippen LogP contribution < -0.4 is 4.74 Å². The van der Waals surface area contributed by atoms with Gasteiger partial charge in [0.05, 0.1) is 12.2 Å². The fourth-order valence-corrected chi connectivity index (χ4v) is 1.98. The van der Waals surface area contributed by atoms with E-state index in [9.17, 15) is 13.2 Å². The number of halogens is 3. The summed E-state index contributed by atoms with van der Waals surface area (Å²) in [5.41, 5.74) is -0.128. The van der Waals surface area contributed by atoms with Crippen molar-refractivity contribution in [2.75, 3.05) is 6.61 Å². The molecular formula is C17H12F3NO2. The summed E-state index contributed by atoms with van der Waals surface area (Å²) in [5.74, 6) is 5.22. The van der Waals surface area contributed by atoms with Gasteiger partial charge in [0.25, 0.3) is 0 Å². The molecule has 1 aromatic rings. The normalized spacial score (nSPS) is 14.3. The maximum atomic E-state index is 12.9. The minimum atomic E-state index is -4.49. The number of nitriles is 1. The lowest BCUT2D eigenvalue weighted by molar-refractivity contribution is -0.138. The van der Waals surface area contributed by atoms with Crippen LogP contribution in [-0.4, -0.2) is 11.7 Å². The summed E-state index contributed by atoms with van der Waals surface area (Å²) in [6.07, 6.45) is -2.81. The number of aliphatic hydroxyl groups excluding tert-OH is 1. The second-order valence-corrected chi connectivity index (χ2v) is 4.87. The van der Waals surface area contributed by atoms with E-state index in [1.165, 1.54) is 25.1 Å². The minimum Gasteiger partial charge on any atom is -0.447 e. The summed E-state index contributed by atoms with van der Waals surface area (Å²) in [7, 11) is 0. The Kier molecular flexibility index (Phi) is 4.78. The standard InChI is InChI=1S/C17H12F3NO2/c1-11-5-6-14(8-15(11)17(18,19)20)23-16-4-2-3-12(10-22)7-13(16)9-21/h5-8,22H,3,10H2,1H3. The zero-order chi connectivity index (χ0) is 17.0. The first kappa shape index (κ1) is 16.7. The van der Waals surface area contributed by atoms with Gasteiger partial charge in [-0.05, 0) is 42.2 Å². The van der Waals surface area contributed by atoms with Crippen molar-refractivity contribution in [1.82, 2.24) is 0 Å². The Morgan fingerprint density at radius 1 is 1.39 bits per heavy atom. The highest BCUT2D eigenvalue weighted by molar-refractivity contribution is 5.50. The van der Waals surface area contributed by atoms with Crippen molar-refractivity contribution in [3.05, 3.63) is 52.3 Å². The van der Waals surface area contributed by atoms with Crippen LogP contribution in [0.5, 0.6) is 5.75 Å². The van der Waals surface area contributed by atoms with Crippen LogP contribution in [0.3, 0.4) is 0 Å². The molecule has 0 atom stereocenters. The molecule has 0 spiro atoms. The second-order valence-electron chi connectivity index (χ2n) is 4.87. The predicted molar refractivity (Wildman–Crippen MR) is 77.0 cm³/mol. The molecule has 1 N–H and O–H groups in total. The number of hydrogen-bond acceptors (Lipinski definition) is 3. The number of hydrogen-bond donors (Lipinski definition) is 1. The van der Waals surface area contributed by atoms with Crippen molar-refractivity contribution in [3.63, 3.8) is 0 Å². The number of rotatable bonds is 3. The molecule has 0 saturated heterocycles. The molecule has 2 rings (SSSR count). The molecule has 118 valence electrons. The first-order chi connectivity index (χ1) is 10.8. The SMILES string of the molecule is Cc1ccc(OC2=C(C#N)C=C(CO)CC#C2)cc1C(F)(F)F. The van der Waals surface area contributed by atoms with E-state index in [0.29, 0.717) is 5.57 Å². The number of aliphatic hydroxyl groups is 1. The molecule has 0 radical (unpaired) electrons. The molecule has 1 aliphatic carbocycles. The molecule has 1 aliphatic rings. The van der Waals surface area contributed by atoms with Gasteiger partial charge in [0, 0.05) is 6.42 Å². The molecule has 3 nitrogen and oxygen atoms in total. The summed E-state index contributed by atoms with van der Waals surface area (Å²) in [6.45, 7) is 1.10. The Hall–Kier alpha value is -2.70. The molecule has 0 aromatic heterocycles. The Labute approximate surface area is 131 Å². The third-order valence-corrected chi connectivity index (χ3v) is 3.17. The van der Waals surface area contributed by atoms with Crippen LogP contribution in [0.25, 0.3) is 0 Å². The van der Waals surface area contributed by atoms with E-state index < -0.39 is 11.7 Å². The average molecular weight is 319 g/mol. The van der Waals surface area contributed by atoms with E-state index >= 15 is 0 Å². The lowest BCUT2D eigenvalue weighted by Crippen LogP contribution is -2.08. The highest BCUT2D eigenvalue weighted by Crippen LogP contribution is 2.34. The van der Waals surface area contributed by atoms with Gasteiger partial charge >= 0.3 is 6.18 Å². The van der Waals surface area contributed by atoms with Crippen LogP contribution in [0, 0.1) is 30.1 Å². The smallest absolute Gasteiger partial charge is 0.416 e. The van der Waals surface area contributed by atoms with Gasteiger partial charge in [-0.15, -0.1) is 0 Å². The number of nitrogens with zero attached hydrogens (tertiary/aromatic N) is 1. The number of benzene rings is 1. The minimum absolute atomic E-state index is 0.0343. The summed E-state index contributed by atoms with van der Waals surface area (Å²) in [5, 5.41) is 18.3. The fraction of sp³-hybridized carbons (Fsp3) is 0.235. The van der Waals surface area contributed by atoms with Crippen LogP contribution >= 0.6 is 0 Å². The average Bonchev–Trinajstić information content (AvgIpc) is 2.69. The van der Waals surface area contributed by atoms with Gasteiger partial charge in [0.2, 0.25) is 0 Å². The summed E-state index contributed by atoms with van der Waals surface area (Å²) in [4.78, 5) is 0. The molecule has 0 heterocycles. The number of alkyl halides is 3. The van der Waals surface area contributed by atoms with E-state index in [2.05, 4.69) is 11.8 Å². The second kappa shape index (κ2) is 6.60. The lowest BCUT2D eigenvalue weighted by Gasteiger charge is -2.12. The molecule has 0 fully saturated rings. The zero-order valence-corrected chi connectivity index (χ0v) is 12.2. The van der Waals surface area contributed by atoms with Crippen molar-refractivity contribution >= 4 is 0 Å². The molecule has 6 heteroatoms. The fourth-order valence-electron chi connectivity index (χ4n) is 1.98. The largest absolute Gasteiger partial charge is 0.447 e. The van der Waals surface area contributed by atoms with Gasteiger partial charge < -0.3 is 9.84 Å². The number of allylic oxidation sites excluding steroid dienone is 3. The van der Waals surface area contributed by atoms with E-state index in [1.54, 1.807) is 0 Å². The Balaban J connectivity index is 2.42. The van der Waals surface area contributed by atoms with Crippen molar-refractivity contribution in [2.45, 2.75) is 19.5 Å². The highest BCUT2D eigenvalue weighted by Gasteiger charge is 2.32. The molecule has 0 amide bonds. The molecule has 23 heavy (non-hydrogen) atoms. The van der Waals surface area contributed by atoms with Crippen molar-refractivity contribution in [2.24, 2.45) is 0 Å². The quantitative estimate of drug-likeness (QED) is 0.868. The van der Waals surface area contributed by atoms with Crippen LogP contribution in [0.1, 0.15) is 17.5 Å². The number of ether oxygens (including phenoxy) is 1. The molecule has 0 bridgehead atoms. The first-order valence-electron chi connectivity index (χ1n) is 6.64.